The molecule has 8 nitrogen and oxygen atoms in total. The molecule has 2 saturated heterocycles. The van der Waals surface area contributed by atoms with Crippen LogP contribution in [0.2, 0.25) is 0 Å². The Morgan fingerprint density at radius 2 is 1.79 bits per heavy atom. The van der Waals surface area contributed by atoms with Gasteiger partial charge in [0, 0.05) is 56.6 Å². The maximum atomic E-state index is 12.9. The summed E-state index contributed by atoms with van der Waals surface area (Å²) < 4.78 is 0. The number of benzene rings is 1. The molecule has 2 amide bonds. The number of carbonyl (C=O) groups excluding carboxylic acids is 2. The van der Waals surface area contributed by atoms with Gasteiger partial charge in [-0.2, -0.15) is 0 Å². The molecule has 3 aromatic rings. The van der Waals surface area contributed by atoms with Crippen LogP contribution in [0.25, 0.3) is 21.5 Å². The summed E-state index contributed by atoms with van der Waals surface area (Å²) in [5, 5.41) is 12.7. The fourth-order valence-corrected chi connectivity index (χ4v) is 5.54. The van der Waals surface area contributed by atoms with Gasteiger partial charge in [0.2, 0.25) is 11.8 Å². The van der Waals surface area contributed by atoms with E-state index in [4.69, 9.17) is 4.98 Å². The van der Waals surface area contributed by atoms with Crippen molar-refractivity contribution < 1.29 is 19.5 Å². The van der Waals surface area contributed by atoms with Crippen molar-refractivity contribution in [2.75, 3.05) is 39.3 Å². The monoisotopic (exact) mass is 478 g/mol. The molecule has 1 aromatic carbocycles. The zero-order chi connectivity index (χ0) is 23.7. The van der Waals surface area contributed by atoms with E-state index >= 15 is 0 Å². The number of para-hydroxylation sites is 1. The number of nitrogens with zero attached hydrogens (tertiary/aromatic N) is 4. The van der Waals surface area contributed by atoms with Crippen LogP contribution in [-0.4, -0.2) is 81.8 Å². The SMILES string of the molecule is O=C(O)c1c(CN2CCN(CCN3CCCC3=O)C(=O)C2)c(-c2cccs2)nc2ccccc12. The van der Waals surface area contributed by atoms with E-state index < -0.39 is 5.97 Å². The van der Waals surface area contributed by atoms with Crippen molar-refractivity contribution in [2.45, 2.75) is 19.4 Å². The summed E-state index contributed by atoms with van der Waals surface area (Å²) in [6, 6.07) is 11.2. The molecule has 9 heteroatoms. The molecule has 2 aliphatic heterocycles. The number of carbonyl (C=O) groups is 3. The van der Waals surface area contributed by atoms with E-state index in [0.29, 0.717) is 61.3 Å². The van der Waals surface area contributed by atoms with Gasteiger partial charge in [0.05, 0.1) is 28.2 Å². The number of hydrogen-bond acceptors (Lipinski definition) is 6. The standard InChI is InChI=1S/C25H26N4O4S/c30-21-8-3-9-28(21)12-13-29-11-10-27(16-22(29)31)15-18-23(25(32)33)17-5-1-2-6-19(17)26-24(18)20-7-4-14-34-20/h1-2,4-7,14H,3,8-13,15-16H2,(H,32,33). The molecule has 0 atom stereocenters. The van der Waals surface area contributed by atoms with Gasteiger partial charge in [-0.05, 0) is 23.9 Å². The minimum absolute atomic E-state index is 0.00110. The minimum atomic E-state index is -0.994. The number of aromatic carboxylic acids is 1. The first-order chi connectivity index (χ1) is 16.5. The third kappa shape index (κ3) is 4.41. The third-order valence-electron chi connectivity index (χ3n) is 6.55. The summed E-state index contributed by atoms with van der Waals surface area (Å²) in [6.07, 6.45) is 1.48. The number of amides is 2. The summed E-state index contributed by atoms with van der Waals surface area (Å²) in [5.74, 6) is -0.829. The van der Waals surface area contributed by atoms with Crippen molar-refractivity contribution >= 4 is 40.0 Å². The van der Waals surface area contributed by atoms with Crippen LogP contribution < -0.4 is 0 Å². The van der Waals surface area contributed by atoms with Crippen LogP contribution in [-0.2, 0) is 16.1 Å². The molecule has 2 fully saturated rings. The molecule has 0 spiro atoms. The predicted molar refractivity (Wildman–Crippen MR) is 130 cm³/mol. The lowest BCUT2D eigenvalue weighted by atomic mass is 9.98. The summed E-state index contributed by atoms with van der Waals surface area (Å²) >= 11 is 1.52. The highest BCUT2D eigenvalue weighted by Gasteiger charge is 2.29. The molecule has 0 bridgehead atoms. The van der Waals surface area contributed by atoms with Crippen LogP contribution in [0.1, 0.15) is 28.8 Å². The number of pyridine rings is 1. The van der Waals surface area contributed by atoms with Crippen molar-refractivity contribution in [1.29, 1.82) is 0 Å². The van der Waals surface area contributed by atoms with E-state index in [0.717, 1.165) is 17.8 Å². The van der Waals surface area contributed by atoms with Crippen LogP contribution in [0.4, 0.5) is 0 Å². The zero-order valence-electron chi connectivity index (χ0n) is 18.8. The van der Waals surface area contributed by atoms with E-state index in [-0.39, 0.29) is 23.9 Å². The van der Waals surface area contributed by atoms with Gasteiger partial charge in [0.15, 0.2) is 0 Å². The smallest absolute Gasteiger partial charge is 0.336 e. The molecular weight excluding hydrogens is 452 g/mol. The number of fused-ring (bicyclic) bond motifs is 1. The molecule has 0 unspecified atom stereocenters. The first-order valence-corrected chi connectivity index (χ1v) is 12.4. The number of rotatable bonds is 7. The van der Waals surface area contributed by atoms with E-state index in [2.05, 4.69) is 0 Å². The van der Waals surface area contributed by atoms with Crippen LogP contribution in [0.15, 0.2) is 41.8 Å². The molecule has 1 N–H and O–H groups in total. The lowest BCUT2D eigenvalue weighted by Crippen LogP contribution is -2.51. The minimum Gasteiger partial charge on any atom is -0.478 e. The second-order valence-corrected chi connectivity index (χ2v) is 9.64. The Bertz CT molecular complexity index is 1240. The van der Waals surface area contributed by atoms with Crippen molar-refractivity contribution in [3.63, 3.8) is 0 Å². The Morgan fingerprint density at radius 1 is 1.00 bits per heavy atom. The van der Waals surface area contributed by atoms with Gasteiger partial charge in [0.25, 0.3) is 0 Å². The number of piperazine rings is 1. The molecule has 0 saturated carbocycles. The summed E-state index contributed by atoms with van der Waals surface area (Å²) in [7, 11) is 0. The average molecular weight is 479 g/mol. The van der Waals surface area contributed by atoms with Crippen molar-refractivity contribution in [2.24, 2.45) is 0 Å². The van der Waals surface area contributed by atoms with E-state index in [1.165, 1.54) is 11.3 Å². The first-order valence-electron chi connectivity index (χ1n) is 11.5. The van der Waals surface area contributed by atoms with Gasteiger partial charge in [-0.3, -0.25) is 14.5 Å². The van der Waals surface area contributed by atoms with Gasteiger partial charge in [-0.25, -0.2) is 9.78 Å². The van der Waals surface area contributed by atoms with E-state index in [9.17, 15) is 19.5 Å². The van der Waals surface area contributed by atoms with Gasteiger partial charge < -0.3 is 14.9 Å². The Labute approximate surface area is 201 Å². The highest BCUT2D eigenvalue weighted by molar-refractivity contribution is 7.13. The lowest BCUT2D eigenvalue weighted by Gasteiger charge is -2.35. The maximum absolute atomic E-state index is 12.9. The van der Waals surface area contributed by atoms with Crippen molar-refractivity contribution in [3.8, 4) is 10.6 Å². The molecule has 2 aliphatic rings. The Balaban J connectivity index is 1.39. The largest absolute Gasteiger partial charge is 0.478 e. The number of hydrogen-bond donors (Lipinski definition) is 1. The van der Waals surface area contributed by atoms with Gasteiger partial charge in [-0.15, -0.1) is 11.3 Å². The topological polar surface area (TPSA) is 94.0 Å². The lowest BCUT2D eigenvalue weighted by molar-refractivity contribution is -0.137. The van der Waals surface area contributed by atoms with Gasteiger partial charge >= 0.3 is 5.97 Å². The maximum Gasteiger partial charge on any atom is 0.336 e. The zero-order valence-corrected chi connectivity index (χ0v) is 19.6. The number of thiophene rings is 1. The Kier molecular flexibility index (Phi) is 6.30. The molecule has 4 heterocycles. The Morgan fingerprint density at radius 3 is 2.47 bits per heavy atom. The van der Waals surface area contributed by atoms with Gasteiger partial charge in [-0.1, -0.05) is 24.3 Å². The van der Waals surface area contributed by atoms with Crippen molar-refractivity contribution in [1.82, 2.24) is 19.7 Å². The first kappa shape index (κ1) is 22.5. The van der Waals surface area contributed by atoms with Crippen LogP contribution in [0, 0.1) is 0 Å². The fourth-order valence-electron chi connectivity index (χ4n) is 4.80. The summed E-state index contributed by atoms with van der Waals surface area (Å²) in [5.41, 5.74) is 2.19. The van der Waals surface area contributed by atoms with Crippen molar-refractivity contribution in [3.05, 3.63) is 52.9 Å². The molecule has 0 aliphatic carbocycles. The average Bonchev–Trinajstić information content (AvgIpc) is 3.50. The second-order valence-electron chi connectivity index (χ2n) is 8.69. The van der Waals surface area contributed by atoms with E-state index in [1.54, 1.807) is 11.0 Å². The normalized spacial score (nSPS) is 17.2. The van der Waals surface area contributed by atoms with Gasteiger partial charge in [0.1, 0.15) is 0 Å². The number of likely N-dealkylation sites (tertiary alicyclic amines) is 1. The number of carboxylic acid groups (broad SMARTS) is 1. The third-order valence-corrected chi connectivity index (χ3v) is 7.43. The van der Waals surface area contributed by atoms with E-state index in [1.807, 2.05) is 45.5 Å². The summed E-state index contributed by atoms with van der Waals surface area (Å²) in [6.45, 7) is 3.61. The van der Waals surface area contributed by atoms with Crippen LogP contribution in [0.5, 0.6) is 0 Å². The fraction of sp³-hybridized carbons (Fsp3) is 0.360. The second kappa shape index (κ2) is 9.52. The van der Waals surface area contributed by atoms with Crippen LogP contribution >= 0.6 is 11.3 Å². The highest BCUT2D eigenvalue weighted by atomic mass is 32.1. The molecule has 34 heavy (non-hydrogen) atoms. The molecule has 5 rings (SSSR count). The predicted octanol–water partition coefficient (Wildman–Crippen LogP) is 2.93. The summed E-state index contributed by atoms with van der Waals surface area (Å²) in [4.78, 5) is 48.5. The van der Waals surface area contributed by atoms with Crippen LogP contribution in [0.3, 0.4) is 0 Å². The molecular formula is C25H26N4O4S. The molecule has 0 radical (unpaired) electrons. The highest BCUT2D eigenvalue weighted by Crippen LogP contribution is 2.33. The molecule has 2 aromatic heterocycles. The Hall–Kier alpha value is -3.30. The molecule has 176 valence electrons. The number of carboxylic acids is 1. The quantitative estimate of drug-likeness (QED) is 0.561. The number of aromatic nitrogens is 1.